The summed E-state index contributed by atoms with van der Waals surface area (Å²) in [6.45, 7) is 5.28. The predicted octanol–water partition coefficient (Wildman–Crippen LogP) is 3.49. The number of sulfonamides is 1. The lowest BCUT2D eigenvalue weighted by Gasteiger charge is -2.47. The normalized spacial score (nSPS) is 18.8. The van der Waals surface area contributed by atoms with Crippen LogP contribution in [0.1, 0.15) is 43.9 Å². The molecule has 1 aromatic carbocycles. The fourth-order valence-electron chi connectivity index (χ4n) is 4.99. The number of likely N-dealkylation sites (tertiary alicyclic amines) is 1. The molecule has 0 spiro atoms. The molecule has 1 aromatic heterocycles. The Morgan fingerprint density at radius 2 is 1.97 bits per heavy atom. The Balaban J connectivity index is 1.69. The van der Waals surface area contributed by atoms with E-state index in [9.17, 15) is 23.1 Å². The van der Waals surface area contributed by atoms with Crippen LogP contribution in [0.5, 0.6) is 5.88 Å². The van der Waals surface area contributed by atoms with Crippen molar-refractivity contribution in [2.45, 2.75) is 52.5 Å². The maximum absolute atomic E-state index is 13.1. The molecule has 186 valence electrons. The van der Waals surface area contributed by atoms with Crippen LogP contribution in [0, 0.1) is 5.41 Å². The number of carbonyl (C=O) groups excluding carboxylic acids is 1. The number of aromatic nitrogens is 1. The lowest BCUT2D eigenvalue weighted by atomic mass is 9.78. The van der Waals surface area contributed by atoms with Gasteiger partial charge in [0.25, 0.3) is 5.12 Å². The minimum atomic E-state index is -4.50. The highest BCUT2D eigenvalue weighted by Crippen LogP contribution is 2.36. The molecule has 0 saturated carbocycles. The van der Waals surface area contributed by atoms with Crippen molar-refractivity contribution in [3.63, 3.8) is 0 Å². The van der Waals surface area contributed by atoms with E-state index < -0.39 is 32.7 Å². The van der Waals surface area contributed by atoms with Gasteiger partial charge in [-0.3, -0.25) is 9.69 Å². The van der Waals surface area contributed by atoms with Crippen molar-refractivity contribution < 1.29 is 27.9 Å². The number of aryl methyl sites for hydroxylation is 1. The van der Waals surface area contributed by atoms with Crippen molar-refractivity contribution in [1.29, 1.82) is 0 Å². The first-order valence-corrected chi connectivity index (χ1v) is 12.9. The first-order chi connectivity index (χ1) is 16.4. The largest absolute Gasteiger partial charge is 0.481 e. The second-order valence-corrected chi connectivity index (χ2v) is 11.5. The number of nitrogens with zero attached hydrogens (tertiary/aromatic N) is 3. The van der Waals surface area contributed by atoms with Gasteiger partial charge in [-0.15, -0.1) is 0 Å². The van der Waals surface area contributed by atoms with Gasteiger partial charge in [0, 0.05) is 18.7 Å². The lowest BCUT2D eigenvalue weighted by Crippen LogP contribution is -2.64. The summed E-state index contributed by atoms with van der Waals surface area (Å²) >= 11 is 0. The van der Waals surface area contributed by atoms with E-state index in [1.807, 2.05) is 12.1 Å². The fraction of sp³-hybridized carbons (Fsp3) is 0.440. The van der Waals surface area contributed by atoms with E-state index in [2.05, 4.69) is 9.38 Å². The van der Waals surface area contributed by atoms with Crippen molar-refractivity contribution >= 4 is 26.9 Å². The molecule has 1 atom stereocenters. The van der Waals surface area contributed by atoms with E-state index in [4.69, 9.17) is 4.74 Å². The molecule has 9 nitrogen and oxygen atoms in total. The molecule has 1 unspecified atom stereocenters. The van der Waals surface area contributed by atoms with Gasteiger partial charge in [0.2, 0.25) is 5.88 Å². The number of amides is 1. The summed E-state index contributed by atoms with van der Waals surface area (Å²) in [7, 11) is -2.98. The number of carbonyl (C=O) groups is 2. The molecule has 35 heavy (non-hydrogen) atoms. The standard InChI is InChI=1S/C25H29N3O6S/c1-25(2,3)23-20(14-28(23)24(30)31)27-35(32,33)22(29)13-19-17-7-5-6-15(17)8-9-18(19)16-10-11-26-21(12-16)34-4/h8-12,23H,5-7,13-14H2,1-4H3,(H,30,31). The van der Waals surface area contributed by atoms with Crippen LogP contribution in [0.15, 0.2) is 34.9 Å². The summed E-state index contributed by atoms with van der Waals surface area (Å²) in [5.74, 6) is 0.417. The summed E-state index contributed by atoms with van der Waals surface area (Å²) in [5, 5.41) is 8.39. The average molecular weight is 500 g/mol. The topological polar surface area (TPSA) is 126 Å². The van der Waals surface area contributed by atoms with Gasteiger partial charge in [-0.2, -0.15) is 12.8 Å². The lowest BCUT2D eigenvalue weighted by molar-refractivity contribution is -0.111. The van der Waals surface area contributed by atoms with Crippen LogP contribution in [0.25, 0.3) is 11.1 Å². The highest BCUT2D eigenvalue weighted by Gasteiger charge is 2.47. The number of ether oxygens (including phenoxy) is 1. The minimum Gasteiger partial charge on any atom is -0.481 e. The molecule has 1 fully saturated rings. The Morgan fingerprint density at radius 1 is 1.23 bits per heavy atom. The van der Waals surface area contributed by atoms with E-state index in [0.29, 0.717) is 11.4 Å². The molecule has 2 heterocycles. The Labute approximate surface area is 204 Å². The molecule has 2 aliphatic rings. The second kappa shape index (κ2) is 9.07. The number of fused-ring (bicyclic) bond motifs is 1. The van der Waals surface area contributed by atoms with Crippen LogP contribution in [0.2, 0.25) is 0 Å². The zero-order valence-corrected chi connectivity index (χ0v) is 21.1. The van der Waals surface area contributed by atoms with Crippen LogP contribution < -0.4 is 4.74 Å². The van der Waals surface area contributed by atoms with E-state index >= 15 is 0 Å². The van der Waals surface area contributed by atoms with E-state index in [1.54, 1.807) is 39.1 Å². The minimum absolute atomic E-state index is 0.132. The number of rotatable bonds is 5. The van der Waals surface area contributed by atoms with Gasteiger partial charge in [0.05, 0.1) is 25.4 Å². The van der Waals surface area contributed by atoms with Crippen molar-refractivity contribution in [2.24, 2.45) is 9.81 Å². The van der Waals surface area contributed by atoms with Crippen molar-refractivity contribution in [1.82, 2.24) is 9.88 Å². The molecular weight excluding hydrogens is 470 g/mol. The average Bonchev–Trinajstić information content (AvgIpc) is 3.24. The zero-order chi connectivity index (χ0) is 25.5. The molecule has 2 aromatic rings. The quantitative estimate of drug-likeness (QED) is 0.667. The zero-order valence-electron chi connectivity index (χ0n) is 20.2. The van der Waals surface area contributed by atoms with Crippen LogP contribution in [0.4, 0.5) is 4.79 Å². The second-order valence-electron chi connectivity index (χ2n) is 9.96. The third kappa shape index (κ3) is 4.80. The Morgan fingerprint density at radius 3 is 2.63 bits per heavy atom. The number of hydrogen-bond donors (Lipinski definition) is 1. The summed E-state index contributed by atoms with van der Waals surface area (Å²) < 4.78 is 35.1. The van der Waals surface area contributed by atoms with Crippen LogP contribution >= 0.6 is 0 Å². The number of benzene rings is 1. The SMILES string of the molecule is COc1cc(-c2ccc3c(c2CC(=O)S(=O)(=O)N=C2CN(C(=O)O)C2C(C)(C)C)CCC3)ccn1. The monoisotopic (exact) mass is 499 g/mol. The molecule has 0 bridgehead atoms. The van der Waals surface area contributed by atoms with Gasteiger partial charge in [-0.05, 0) is 58.6 Å². The van der Waals surface area contributed by atoms with E-state index in [0.717, 1.165) is 46.4 Å². The summed E-state index contributed by atoms with van der Waals surface area (Å²) in [6, 6.07) is 6.78. The first-order valence-electron chi connectivity index (χ1n) is 11.4. The van der Waals surface area contributed by atoms with Crippen molar-refractivity contribution in [3.05, 3.63) is 47.2 Å². The van der Waals surface area contributed by atoms with Gasteiger partial charge in [0.15, 0.2) is 0 Å². The number of carboxylic acid groups (broad SMARTS) is 1. The van der Waals surface area contributed by atoms with Gasteiger partial charge in [-0.25, -0.2) is 9.78 Å². The molecule has 1 saturated heterocycles. The van der Waals surface area contributed by atoms with Gasteiger partial charge >= 0.3 is 16.1 Å². The summed E-state index contributed by atoms with van der Waals surface area (Å²) in [5.41, 5.74) is 3.95. The Bertz CT molecular complexity index is 1330. The molecule has 1 N–H and O–H groups in total. The predicted molar refractivity (Wildman–Crippen MR) is 131 cm³/mol. The van der Waals surface area contributed by atoms with Gasteiger partial charge < -0.3 is 9.84 Å². The summed E-state index contributed by atoms with van der Waals surface area (Å²) in [4.78, 5) is 29.9. The highest BCUT2D eigenvalue weighted by molar-refractivity contribution is 8.05. The molecular formula is C25H29N3O6S. The van der Waals surface area contributed by atoms with Gasteiger partial charge in [0.1, 0.15) is 0 Å². The van der Waals surface area contributed by atoms with Crippen LogP contribution in [-0.2, 0) is 34.1 Å². The van der Waals surface area contributed by atoms with Crippen molar-refractivity contribution in [3.8, 4) is 17.0 Å². The third-order valence-corrected chi connectivity index (χ3v) is 7.72. The Hall–Kier alpha value is -3.27. The molecule has 1 aliphatic heterocycles. The highest BCUT2D eigenvalue weighted by atomic mass is 32.2. The molecule has 10 heteroatoms. The number of methoxy groups -OCH3 is 1. The van der Waals surface area contributed by atoms with E-state index in [-0.39, 0.29) is 18.7 Å². The number of pyridine rings is 1. The first kappa shape index (κ1) is 24.8. The van der Waals surface area contributed by atoms with Crippen LogP contribution in [0.3, 0.4) is 0 Å². The number of hydrogen-bond acceptors (Lipinski definition) is 6. The maximum Gasteiger partial charge on any atom is 0.408 e. The molecule has 0 radical (unpaired) electrons. The molecule has 1 amide bonds. The molecule has 4 rings (SSSR count). The van der Waals surface area contributed by atoms with Gasteiger partial charge in [-0.1, -0.05) is 32.9 Å². The smallest absolute Gasteiger partial charge is 0.408 e. The Kier molecular flexibility index (Phi) is 6.44. The van der Waals surface area contributed by atoms with Crippen molar-refractivity contribution in [2.75, 3.05) is 13.7 Å². The maximum atomic E-state index is 13.1. The molecule has 1 aliphatic carbocycles. The van der Waals surface area contributed by atoms with E-state index in [1.165, 1.54) is 7.11 Å². The third-order valence-electron chi connectivity index (χ3n) is 6.53. The fourth-order valence-corrected chi connectivity index (χ4v) is 5.88. The van der Waals surface area contributed by atoms with Crippen LogP contribution in [-0.4, -0.2) is 60.0 Å². The summed E-state index contributed by atoms with van der Waals surface area (Å²) in [6.07, 6.45) is 2.72.